The Labute approximate surface area is 194 Å². The van der Waals surface area contributed by atoms with E-state index in [4.69, 9.17) is 4.74 Å². The summed E-state index contributed by atoms with van der Waals surface area (Å²) >= 11 is 1.57. The third-order valence-electron chi connectivity index (χ3n) is 6.24. The van der Waals surface area contributed by atoms with Crippen LogP contribution in [0.25, 0.3) is 16.3 Å². The Balaban J connectivity index is 1.70. The van der Waals surface area contributed by atoms with Gasteiger partial charge in [-0.25, -0.2) is 9.69 Å². The highest BCUT2D eigenvalue weighted by atomic mass is 32.1. The van der Waals surface area contributed by atoms with Crippen molar-refractivity contribution in [3.8, 4) is 22.0 Å². The van der Waals surface area contributed by atoms with E-state index in [1.165, 1.54) is 6.42 Å². The zero-order valence-electron chi connectivity index (χ0n) is 20.0. The van der Waals surface area contributed by atoms with Crippen LogP contribution in [0, 0.1) is 0 Å². The zero-order chi connectivity index (χ0) is 23.1. The van der Waals surface area contributed by atoms with E-state index in [0.717, 1.165) is 45.8 Å². The molecular formula is C23H33N7OS. The Morgan fingerprint density at radius 2 is 1.81 bits per heavy atom. The van der Waals surface area contributed by atoms with Crippen LogP contribution in [0.5, 0.6) is 5.75 Å². The van der Waals surface area contributed by atoms with E-state index in [1.807, 2.05) is 37.5 Å². The van der Waals surface area contributed by atoms with Crippen molar-refractivity contribution in [1.29, 1.82) is 0 Å². The molecule has 2 aromatic heterocycles. The molecule has 3 heterocycles. The van der Waals surface area contributed by atoms with Crippen LogP contribution in [0.1, 0.15) is 47.0 Å². The predicted molar refractivity (Wildman–Crippen MR) is 131 cm³/mol. The summed E-state index contributed by atoms with van der Waals surface area (Å²) in [5.41, 5.74) is 1.85. The minimum Gasteiger partial charge on any atom is -0.494 e. The number of hydrogen-bond acceptors (Lipinski definition) is 8. The van der Waals surface area contributed by atoms with E-state index >= 15 is 0 Å². The van der Waals surface area contributed by atoms with Crippen LogP contribution in [0.2, 0.25) is 0 Å². The van der Waals surface area contributed by atoms with Crippen LogP contribution in [0.3, 0.4) is 0 Å². The number of piperidine rings is 1. The maximum absolute atomic E-state index is 5.81. The molecule has 1 saturated heterocycles. The summed E-state index contributed by atoms with van der Waals surface area (Å²) in [6.07, 6.45) is 5.45. The molecule has 32 heavy (non-hydrogen) atoms. The number of nitrogens with zero attached hydrogens (tertiary/aromatic N) is 6. The monoisotopic (exact) mass is 455 g/mol. The smallest absolute Gasteiger partial charge is 0.222 e. The van der Waals surface area contributed by atoms with Gasteiger partial charge in [-0.15, -0.1) is 10.2 Å². The Bertz CT molecular complexity index is 1070. The first-order valence-electron chi connectivity index (χ1n) is 11.0. The van der Waals surface area contributed by atoms with Gasteiger partial charge < -0.3 is 10.1 Å². The number of hydrogen-bond donors (Lipinski definition) is 1. The van der Waals surface area contributed by atoms with Crippen molar-refractivity contribution < 1.29 is 4.74 Å². The average Bonchev–Trinajstić information content (AvgIpc) is 3.41. The maximum Gasteiger partial charge on any atom is 0.222 e. The van der Waals surface area contributed by atoms with E-state index in [2.05, 4.69) is 65.4 Å². The van der Waals surface area contributed by atoms with Gasteiger partial charge in [0.15, 0.2) is 10.8 Å². The average molecular weight is 456 g/mol. The lowest BCUT2D eigenvalue weighted by Crippen LogP contribution is -2.64. The minimum absolute atomic E-state index is 0.0467. The van der Waals surface area contributed by atoms with Gasteiger partial charge in [-0.1, -0.05) is 17.4 Å². The fraction of sp³-hybridized carbons (Fsp3) is 0.522. The molecule has 0 radical (unpaired) electrons. The number of benzene rings is 1. The second kappa shape index (κ2) is 8.37. The van der Waals surface area contributed by atoms with Crippen molar-refractivity contribution in [2.24, 2.45) is 0 Å². The van der Waals surface area contributed by atoms with E-state index < -0.39 is 0 Å². The summed E-state index contributed by atoms with van der Waals surface area (Å²) in [6.45, 7) is 9.23. The number of aromatic nitrogens is 4. The number of para-hydroxylation sites is 1. The molecule has 1 aliphatic rings. The highest BCUT2D eigenvalue weighted by molar-refractivity contribution is 7.18. The molecule has 3 aromatic rings. The van der Waals surface area contributed by atoms with Crippen molar-refractivity contribution in [3.63, 3.8) is 0 Å². The quantitative estimate of drug-likeness (QED) is 0.570. The van der Waals surface area contributed by atoms with Gasteiger partial charge in [-0.05, 0) is 59.1 Å². The molecule has 0 bridgehead atoms. The first-order valence-corrected chi connectivity index (χ1v) is 11.8. The van der Waals surface area contributed by atoms with E-state index in [9.17, 15) is 0 Å². The molecule has 0 unspecified atom stereocenters. The summed E-state index contributed by atoms with van der Waals surface area (Å²) in [5, 5.41) is 23.0. The third kappa shape index (κ3) is 3.95. The molecular weight excluding hydrogens is 422 g/mol. The zero-order valence-corrected chi connectivity index (χ0v) is 20.8. The number of methoxy groups -OCH3 is 1. The molecule has 1 N–H and O–H groups in total. The van der Waals surface area contributed by atoms with Gasteiger partial charge in [-0.2, -0.15) is 5.10 Å². The Morgan fingerprint density at radius 3 is 2.44 bits per heavy atom. The molecule has 1 aromatic carbocycles. The number of nitrogens with one attached hydrogen (secondary N) is 1. The normalized spacial score (nSPS) is 17.8. The van der Waals surface area contributed by atoms with Crippen LogP contribution in [0.4, 0.5) is 10.9 Å². The Morgan fingerprint density at radius 1 is 1.09 bits per heavy atom. The van der Waals surface area contributed by atoms with Gasteiger partial charge in [0.25, 0.3) is 0 Å². The second-order valence-electron chi connectivity index (χ2n) is 9.46. The largest absolute Gasteiger partial charge is 0.494 e. The van der Waals surface area contributed by atoms with E-state index in [0.29, 0.717) is 0 Å². The summed E-state index contributed by atoms with van der Waals surface area (Å²) < 4.78 is 7.62. The first-order chi connectivity index (χ1) is 15.2. The topological polar surface area (TPSA) is 71.3 Å². The number of hydrazine groups is 1. The van der Waals surface area contributed by atoms with Crippen molar-refractivity contribution in [1.82, 2.24) is 25.0 Å². The molecule has 0 aliphatic carbocycles. The molecule has 0 saturated carbocycles. The molecule has 0 atom stereocenters. The Hall–Kier alpha value is -2.65. The minimum atomic E-state index is 0.0467. The van der Waals surface area contributed by atoms with Gasteiger partial charge in [0.1, 0.15) is 11.5 Å². The molecule has 4 rings (SSSR count). The molecule has 0 amide bonds. The van der Waals surface area contributed by atoms with Gasteiger partial charge in [0, 0.05) is 37.4 Å². The molecule has 1 aliphatic heterocycles. The fourth-order valence-electron chi connectivity index (χ4n) is 5.02. The van der Waals surface area contributed by atoms with Gasteiger partial charge in [0.2, 0.25) is 5.13 Å². The predicted octanol–water partition coefficient (Wildman–Crippen LogP) is 4.84. The second-order valence-corrected chi connectivity index (χ2v) is 10.4. The number of rotatable bonds is 6. The lowest BCUT2D eigenvalue weighted by molar-refractivity contribution is -0.0326. The molecule has 9 heteroatoms. The highest BCUT2D eigenvalue weighted by Crippen LogP contribution is 2.43. The van der Waals surface area contributed by atoms with Crippen molar-refractivity contribution in [2.75, 3.05) is 31.5 Å². The van der Waals surface area contributed by atoms with Gasteiger partial charge >= 0.3 is 0 Å². The number of anilines is 2. The number of ether oxygens (including phenoxy) is 1. The van der Waals surface area contributed by atoms with Crippen molar-refractivity contribution in [3.05, 3.63) is 30.5 Å². The molecule has 172 valence electrons. The highest BCUT2D eigenvalue weighted by Gasteiger charge is 2.44. The lowest BCUT2D eigenvalue weighted by atomic mass is 9.81. The fourth-order valence-corrected chi connectivity index (χ4v) is 5.84. The van der Waals surface area contributed by atoms with Crippen LogP contribution >= 0.6 is 11.3 Å². The van der Waals surface area contributed by atoms with Crippen LogP contribution in [0.15, 0.2) is 30.5 Å². The van der Waals surface area contributed by atoms with Crippen LogP contribution in [-0.2, 0) is 0 Å². The lowest BCUT2D eigenvalue weighted by Gasteiger charge is -2.55. The van der Waals surface area contributed by atoms with Crippen LogP contribution < -0.4 is 15.1 Å². The summed E-state index contributed by atoms with van der Waals surface area (Å²) in [7, 11) is 5.62. The van der Waals surface area contributed by atoms with E-state index in [1.54, 1.807) is 23.1 Å². The Kier molecular flexibility index (Phi) is 5.89. The van der Waals surface area contributed by atoms with Gasteiger partial charge in [-0.3, -0.25) is 5.01 Å². The molecule has 1 fully saturated rings. The van der Waals surface area contributed by atoms with Crippen molar-refractivity contribution >= 4 is 22.3 Å². The summed E-state index contributed by atoms with van der Waals surface area (Å²) in [4.78, 5) is 0. The molecule has 0 spiro atoms. The van der Waals surface area contributed by atoms with Crippen LogP contribution in [-0.4, -0.2) is 57.3 Å². The maximum atomic E-state index is 5.81. The summed E-state index contributed by atoms with van der Waals surface area (Å²) in [6, 6.07) is 7.92. The standard InChI is InChI=1S/C23H33N7OS/c1-22(2)13-9-14-23(3,4)30(22)28(6)21-26-25-20(32-21)16-10-8-11-17(19(16)31-7)29-15-12-18(24-5)27-29/h8,10-12,15H,9,13-14H2,1-7H3,(H,24,27). The third-order valence-corrected chi connectivity index (χ3v) is 7.26. The van der Waals surface area contributed by atoms with E-state index in [-0.39, 0.29) is 11.1 Å². The van der Waals surface area contributed by atoms with Gasteiger partial charge in [0.05, 0.1) is 12.7 Å². The summed E-state index contributed by atoms with van der Waals surface area (Å²) in [5.74, 6) is 1.52. The molecule has 8 nitrogen and oxygen atoms in total. The first kappa shape index (κ1) is 22.5. The SMILES string of the molecule is CNc1ccn(-c2cccc(-c3nnc(N(C)N4C(C)(C)CCCC4(C)C)s3)c2OC)n1. The van der Waals surface area contributed by atoms with Crippen molar-refractivity contribution in [2.45, 2.75) is 58.0 Å².